The van der Waals surface area contributed by atoms with Crippen molar-refractivity contribution in [2.24, 2.45) is 11.3 Å². The molecule has 2 nitrogen and oxygen atoms in total. The lowest BCUT2D eigenvalue weighted by atomic mass is 9.80. The molecule has 0 radical (unpaired) electrons. The Morgan fingerprint density at radius 3 is 2.11 bits per heavy atom. The van der Waals surface area contributed by atoms with Crippen LogP contribution in [0.4, 0.5) is 0 Å². The van der Waals surface area contributed by atoms with Crippen molar-refractivity contribution >= 4 is 0 Å². The van der Waals surface area contributed by atoms with Crippen molar-refractivity contribution in [3.8, 4) is 0 Å². The minimum Gasteiger partial charge on any atom is -0.316 e. The molecule has 0 atom stereocenters. The van der Waals surface area contributed by atoms with Crippen molar-refractivity contribution in [3.05, 3.63) is 0 Å². The van der Waals surface area contributed by atoms with Crippen LogP contribution in [0.25, 0.3) is 0 Å². The van der Waals surface area contributed by atoms with Gasteiger partial charge in [0.2, 0.25) is 0 Å². The molecule has 0 saturated carbocycles. The highest BCUT2D eigenvalue weighted by Gasteiger charge is 2.29. The number of piperidine rings is 1. The van der Waals surface area contributed by atoms with Gasteiger partial charge in [-0.15, -0.1) is 0 Å². The van der Waals surface area contributed by atoms with E-state index in [1.165, 1.54) is 58.3 Å². The van der Waals surface area contributed by atoms with Crippen LogP contribution in [-0.4, -0.2) is 37.6 Å². The quantitative estimate of drug-likeness (QED) is 0.713. The van der Waals surface area contributed by atoms with E-state index in [1.807, 2.05) is 0 Å². The Hall–Kier alpha value is -0.0800. The highest BCUT2D eigenvalue weighted by Crippen LogP contribution is 2.29. The number of nitrogens with zero attached hydrogens (tertiary/aromatic N) is 1. The second kappa shape index (κ2) is 8.16. The molecule has 1 fully saturated rings. The van der Waals surface area contributed by atoms with Gasteiger partial charge < -0.3 is 10.2 Å². The largest absolute Gasteiger partial charge is 0.316 e. The highest BCUT2D eigenvalue weighted by molar-refractivity contribution is 4.84. The van der Waals surface area contributed by atoms with E-state index in [-0.39, 0.29) is 0 Å². The third kappa shape index (κ3) is 4.55. The third-order valence-electron chi connectivity index (χ3n) is 5.09. The number of hydrogen-bond donors (Lipinski definition) is 1. The summed E-state index contributed by atoms with van der Waals surface area (Å²) in [6, 6.07) is 0. The van der Waals surface area contributed by atoms with Gasteiger partial charge in [0.05, 0.1) is 0 Å². The van der Waals surface area contributed by atoms with Crippen molar-refractivity contribution in [2.75, 3.05) is 32.7 Å². The van der Waals surface area contributed by atoms with Gasteiger partial charge in [0.1, 0.15) is 0 Å². The number of likely N-dealkylation sites (tertiary alicyclic amines) is 1. The Balaban J connectivity index is 2.45. The highest BCUT2D eigenvalue weighted by atomic mass is 15.1. The zero-order valence-corrected chi connectivity index (χ0v) is 13.1. The fraction of sp³-hybridized carbons (Fsp3) is 1.00. The van der Waals surface area contributed by atoms with Gasteiger partial charge in [-0.05, 0) is 56.7 Å². The Kier molecular flexibility index (Phi) is 7.25. The monoisotopic (exact) mass is 254 g/mol. The Labute approximate surface area is 115 Å². The average Bonchev–Trinajstić information content (AvgIpc) is 2.44. The topological polar surface area (TPSA) is 15.3 Å². The van der Waals surface area contributed by atoms with Gasteiger partial charge in [-0.25, -0.2) is 0 Å². The summed E-state index contributed by atoms with van der Waals surface area (Å²) < 4.78 is 0. The second-order valence-corrected chi connectivity index (χ2v) is 6.12. The summed E-state index contributed by atoms with van der Waals surface area (Å²) >= 11 is 0. The molecule has 108 valence electrons. The van der Waals surface area contributed by atoms with E-state index in [2.05, 4.69) is 37.9 Å². The van der Waals surface area contributed by atoms with Gasteiger partial charge in [0.15, 0.2) is 0 Å². The number of rotatable bonds is 8. The van der Waals surface area contributed by atoms with Crippen LogP contribution >= 0.6 is 0 Å². The molecular weight excluding hydrogens is 220 g/mol. The van der Waals surface area contributed by atoms with Crippen molar-refractivity contribution in [1.82, 2.24) is 10.2 Å². The summed E-state index contributed by atoms with van der Waals surface area (Å²) in [6.07, 6.45) is 6.80. The van der Waals surface area contributed by atoms with E-state index in [9.17, 15) is 0 Å². The van der Waals surface area contributed by atoms with Crippen LogP contribution in [0.1, 0.15) is 59.8 Å². The van der Waals surface area contributed by atoms with Gasteiger partial charge in [0.25, 0.3) is 0 Å². The van der Waals surface area contributed by atoms with Crippen LogP contribution < -0.4 is 5.32 Å². The van der Waals surface area contributed by atoms with Crippen LogP contribution in [0, 0.1) is 11.3 Å². The third-order valence-corrected chi connectivity index (χ3v) is 5.09. The minimum absolute atomic E-state index is 0.495. The first kappa shape index (κ1) is 16.0. The molecule has 1 saturated heterocycles. The molecule has 0 spiro atoms. The smallest absolute Gasteiger partial charge is 0.00499 e. The van der Waals surface area contributed by atoms with Crippen molar-refractivity contribution in [3.63, 3.8) is 0 Å². The molecule has 0 aromatic heterocycles. The molecule has 18 heavy (non-hydrogen) atoms. The van der Waals surface area contributed by atoms with Crippen LogP contribution in [0.15, 0.2) is 0 Å². The molecule has 0 aliphatic carbocycles. The second-order valence-electron chi connectivity index (χ2n) is 6.12. The molecular formula is C16H34N2. The van der Waals surface area contributed by atoms with E-state index in [4.69, 9.17) is 0 Å². The molecule has 1 aliphatic rings. The molecule has 1 heterocycles. The van der Waals surface area contributed by atoms with Crippen LogP contribution in [0.2, 0.25) is 0 Å². The van der Waals surface area contributed by atoms with Gasteiger partial charge in [0, 0.05) is 13.1 Å². The van der Waals surface area contributed by atoms with E-state index in [1.54, 1.807) is 0 Å². The number of nitrogens with one attached hydrogen (secondary N) is 1. The maximum atomic E-state index is 3.57. The summed E-state index contributed by atoms with van der Waals surface area (Å²) in [6.45, 7) is 15.5. The predicted molar refractivity (Wildman–Crippen MR) is 81.0 cm³/mol. The molecule has 1 N–H and O–H groups in total. The Morgan fingerprint density at radius 1 is 1.06 bits per heavy atom. The van der Waals surface area contributed by atoms with Crippen molar-refractivity contribution in [1.29, 1.82) is 0 Å². The maximum Gasteiger partial charge on any atom is 0.00499 e. The zero-order valence-electron chi connectivity index (χ0n) is 13.1. The fourth-order valence-corrected chi connectivity index (χ4v) is 3.20. The minimum atomic E-state index is 0.495. The van der Waals surface area contributed by atoms with E-state index < -0.39 is 0 Å². The first-order valence-electron chi connectivity index (χ1n) is 8.12. The first-order chi connectivity index (χ1) is 8.69. The lowest BCUT2D eigenvalue weighted by Gasteiger charge is -2.40. The van der Waals surface area contributed by atoms with Crippen LogP contribution in [0.5, 0.6) is 0 Å². The Bertz CT molecular complexity index is 203. The average molecular weight is 254 g/mol. The van der Waals surface area contributed by atoms with E-state index in [0.717, 1.165) is 12.5 Å². The predicted octanol–water partition coefficient (Wildman–Crippen LogP) is 3.52. The van der Waals surface area contributed by atoms with E-state index >= 15 is 0 Å². The molecule has 2 heteroatoms. The van der Waals surface area contributed by atoms with Crippen molar-refractivity contribution in [2.45, 2.75) is 59.8 Å². The van der Waals surface area contributed by atoms with Crippen molar-refractivity contribution < 1.29 is 0 Å². The van der Waals surface area contributed by atoms with Crippen LogP contribution in [-0.2, 0) is 0 Å². The van der Waals surface area contributed by atoms with Gasteiger partial charge >= 0.3 is 0 Å². The molecule has 0 bridgehead atoms. The van der Waals surface area contributed by atoms with Gasteiger partial charge in [-0.3, -0.25) is 0 Å². The van der Waals surface area contributed by atoms with Gasteiger partial charge in [-0.2, -0.15) is 0 Å². The summed E-state index contributed by atoms with van der Waals surface area (Å²) in [5.74, 6) is 0.993. The van der Waals surface area contributed by atoms with Crippen LogP contribution in [0.3, 0.4) is 0 Å². The summed E-state index contributed by atoms with van der Waals surface area (Å²) in [5, 5.41) is 3.57. The molecule has 1 aliphatic heterocycles. The normalized spacial score (nSPS) is 19.3. The first-order valence-corrected chi connectivity index (χ1v) is 8.12. The standard InChI is InChI=1S/C16H34N2/c1-5-15-9-11-18(12-10-15)14-16(6-2,7-3)13-17-8-4/h15,17H,5-14H2,1-4H3. The molecule has 1 rings (SSSR count). The lowest BCUT2D eigenvalue weighted by molar-refractivity contribution is 0.0997. The zero-order chi connectivity index (χ0) is 13.4. The summed E-state index contributed by atoms with van der Waals surface area (Å²) in [4.78, 5) is 2.72. The Morgan fingerprint density at radius 2 is 1.67 bits per heavy atom. The molecule has 0 unspecified atom stereocenters. The molecule has 0 aromatic carbocycles. The SMILES string of the molecule is CCNCC(CC)(CC)CN1CCC(CC)CC1. The van der Waals surface area contributed by atoms with E-state index in [0.29, 0.717) is 5.41 Å². The van der Waals surface area contributed by atoms with Gasteiger partial charge in [-0.1, -0.05) is 34.1 Å². The lowest BCUT2D eigenvalue weighted by Crippen LogP contribution is -2.46. The maximum absolute atomic E-state index is 3.57. The number of hydrogen-bond acceptors (Lipinski definition) is 2. The fourth-order valence-electron chi connectivity index (χ4n) is 3.20. The summed E-state index contributed by atoms with van der Waals surface area (Å²) in [5.41, 5.74) is 0.495. The molecule has 0 amide bonds. The molecule has 0 aromatic rings. The summed E-state index contributed by atoms with van der Waals surface area (Å²) in [7, 11) is 0.